The number of aliphatic hydroxyl groups is 1. The summed E-state index contributed by atoms with van der Waals surface area (Å²) < 4.78 is 1.82. The number of aryl methyl sites for hydroxylation is 2. The third-order valence-corrected chi connectivity index (χ3v) is 3.91. The SMILES string of the molecule is Cn1cc(CCC(O)CCC2CCCC2)cn1. The quantitative estimate of drug-likeness (QED) is 0.824. The summed E-state index contributed by atoms with van der Waals surface area (Å²) in [4.78, 5) is 0. The van der Waals surface area contributed by atoms with Crippen LogP contribution in [0.3, 0.4) is 0 Å². The van der Waals surface area contributed by atoms with Crippen molar-refractivity contribution >= 4 is 0 Å². The Kier molecular flexibility index (Phi) is 4.60. The van der Waals surface area contributed by atoms with Crippen molar-refractivity contribution in [3.05, 3.63) is 18.0 Å². The normalized spacial score (nSPS) is 18.7. The summed E-state index contributed by atoms with van der Waals surface area (Å²) in [7, 11) is 1.93. The lowest BCUT2D eigenvalue weighted by atomic mass is 9.97. The smallest absolute Gasteiger partial charge is 0.0543 e. The fraction of sp³-hybridized carbons (Fsp3) is 0.786. The monoisotopic (exact) mass is 236 g/mol. The van der Waals surface area contributed by atoms with E-state index in [1.807, 2.05) is 24.1 Å². The molecule has 0 amide bonds. The van der Waals surface area contributed by atoms with E-state index < -0.39 is 0 Å². The second-order valence-electron chi connectivity index (χ2n) is 5.44. The van der Waals surface area contributed by atoms with Gasteiger partial charge in [0.15, 0.2) is 0 Å². The molecule has 1 saturated carbocycles. The molecule has 3 nitrogen and oxygen atoms in total. The highest BCUT2D eigenvalue weighted by atomic mass is 16.3. The lowest BCUT2D eigenvalue weighted by molar-refractivity contribution is 0.145. The van der Waals surface area contributed by atoms with Crippen LogP contribution in [-0.4, -0.2) is 21.0 Å². The van der Waals surface area contributed by atoms with E-state index in [1.54, 1.807) is 0 Å². The Morgan fingerprint density at radius 1 is 1.41 bits per heavy atom. The topological polar surface area (TPSA) is 38.0 Å². The Morgan fingerprint density at radius 3 is 2.82 bits per heavy atom. The number of hydrogen-bond acceptors (Lipinski definition) is 2. The average Bonchev–Trinajstić information content (AvgIpc) is 2.95. The number of aromatic nitrogens is 2. The fourth-order valence-corrected chi connectivity index (χ4v) is 2.81. The molecule has 0 spiro atoms. The molecule has 1 aliphatic rings. The number of aliphatic hydroxyl groups excluding tert-OH is 1. The molecular weight excluding hydrogens is 212 g/mol. The molecule has 0 radical (unpaired) electrons. The highest BCUT2D eigenvalue weighted by Gasteiger charge is 2.16. The summed E-state index contributed by atoms with van der Waals surface area (Å²) >= 11 is 0. The maximum Gasteiger partial charge on any atom is 0.0543 e. The summed E-state index contributed by atoms with van der Waals surface area (Å²) in [5.41, 5.74) is 1.23. The van der Waals surface area contributed by atoms with Crippen LogP contribution in [0.2, 0.25) is 0 Å². The van der Waals surface area contributed by atoms with Crippen molar-refractivity contribution in [3.8, 4) is 0 Å². The van der Waals surface area contributed by atoms with Crippen LogP contribution in [0.15, 0.2) is 12.4 Å². The number of hydrogen-bond donors (Lipinski definition) is 1. The molecule has 0 aliphatic heterocycles. The number of nitrogens with zero attached hydrogens (tertiary/aromatic N) is 2. The van der Waals surface area contributed by atoms with Crippen molar-refractivity contribution in [1.82, 2.24) is 9.78 Å². The van der Waals surface area contributed by atoms with E-state index in [9.17, 15) is 5.11 Å². The van der Waals surface area contributed by atoms with Crippen molar-refractivity contribution in [2.75, 3.05) is 0 Å². The van der Waals surface area contributed by atoms with Crippen molar-refractivity contribution in [3.63, 3.8) is 0 Å². The summed E-state index contributed by atoms with van der Waals surface area (Å²) in [5.74, 6) is 0.892. The van der Waals surface area contributed by atoms with Crippen LogP contribution in [0.25, 0.3) is 0 Å². The van der Waals surface area contributed by atoms with Gasteiger partial charge in [-0.3, -0.25) is 4.68 Å². The number of rotatable bonds is 6. The van der Waals surface area contributed by atoms with Gasteiger partial charge in [-0.1, -0.05) is 25.7 Å². The molecule has 1 aliphatic carbocycles. The predicted octanol–water partition coefficient (Wildman–Crippen LogP) is 2.68. The summed E-state index contributed by atoms with van der Waals surface area (Å²) in [6.45, 7) is 0. The second kappa shape index (κ2) is 6.20. The van der Waals surface area contributed by atoms with Crippen LogP contribution in [0.4, 0.5) is 0 Å². The Labute approximate surface area is 104 Å². The Balaban J connectivity index is 1.61. The molecule has 1 fully saturated rings. The Bertz CT molecular complexity index is 329. The van der Waals surface area contributed by atoms with Gasteiger partial charge < -0.3 is 5.11 Å². The lowest BCUT2D eigenvalue weighted by Gasteiger charge is -2.13. The predicted molar refractivity (Wildman–Crippen MR) is 68.7 cm³/mol. The molecule has 17 heavy (non-hydrogen) atoms. The van der Waals surface area contributed by atoms with Crippen molar-refractivity contribution in [2.45, 2.75) is 57.5 Å². The van der Waals surface area contributed by atoms with Crippen molar-refractivity contribution in [1.29, 1.82) is 0 Å². The van der Waals surface area contributed by atoms with Crippen molar-refractivity contribution < 1.29 is 5.11 Å². The van der Waals surface area contributed by atoms with Gasteiger partial charge in [0.2, 0.25) is 0 Å². The van der Waals surface area contributed by atoms with Crippen LogP contribution >= 0.6 is 0 Å². The van der Waals surface area contributed by atoms with Gasteiger partial charge in [0.05, 0.1) is 12.3 Å². The molecule has 1 aromatic heterocycles. The standard InChI is InChI=1S/C14H24N2O/c1-16-11-13(10-15-16)7-9-14(17)8-6-12-4-2-3-5-12/h10-12,14,17H,2-9H2,1H3. The highest BCUT2D eigenvalue weighted by Crippen LogP contribution is 2.29. The largest absolute Gasteiger partial charge is 0.393 e. The first-order valence-corrected chi connectivity index (χ1v) is 6.89. The second-order valence-corrected chi connectivity index (χ2v) is 5.44. The van der Waals surface area contributed by atoms with E-state index in [1.165, 1.54) is 37.7 Å². The molecular formula is C14H24N2O. The van der Waals surface area contributed by atoms with Crippen LogP contribution in [0.5, 0.6) is 0 Å². The maximum atomic E-state index is 9.95. The molecule has 1 unspecified atom stereocenters. The zero-order chi connectivity index (χ0) is 12.1. The minimum absolute atomic E-state index is 0.129. The van der Waals surface area contributed by atoms with Crippen LogP contribution < -0.4 is 0 Å². The fourth-order valence-electron chi connectivity index (χ4n) is 2.81. The van der Waals surface area contributed by atoms with Gasteiger partial charge in [-0.05, 0) is 37.2 Å². The summed E-state index contributed by atoms with van der Waals surface area (Å²) in [6.07, 6.45) is 13.4. The first-order valence-electron chi connectivity index (χ1n) is 6.89. The van der Waals surface area contributed by atoms with Gasteiger partial charge >= 0.3 is 0 Å². The van der Waals surface area contributed by atoms with E-state index >= 15 is 0 Å². The zero-order valence-corrected chi connectivity index (χ0v) is 10.8. The maximum absolute atomic E-state index is 9.95. The van der Waals surface area contributed by atoms with E-state index in [0.29, 0.717) is 0 Å². The average molecular weight is 236 g/mol. The molecule has 0 saturated heterocycles. The van der Waals surface area contributed by atoms with Gasteiger partial charge in [-0.25, -0.2) is 0 Å². The van der Waals surface area contributed by atoms with Gasteiger partial charge in [0.1, 0.15) is 0 Å². The molecule has 1 heterocycles. The van der Waals surface area contributed by atoms with Gasteiger partial charge in [0.25, 0.3) is 0 Å². The highest BCUT2D eigenvalue weighted by molar-refractivity contribution is 5.03. The summed E-state index contributed by atoms with van der Waals surface area (Å²) in [6, 6.07) is 0. The van der Waals surface area contributed by atoms with E-state index in [2.05, 4.69) is 5.10 Å². The van der Waals surface area contributed by atoms with Gasteiger partial charge in [0, 0.05) is 13.2 Å². The molecule has 2 rings (SSSR count). The van der Waals surface area contributed by atoms with Crippen LogP contribution in [-0.2, 0) is 13.5 Å². The minimum atomic E-state index is -0.129. The zero-order valence-electron chi connectivity index (χ0n) is 10.8. The molecule has 3 heteroatoms. The van der Waals surface area contributed by atoms with Crippen molar-refractivity contribution in [2.24, 2.45) is 13.0 Å². The van der Waals surface area contributed by atoms with E-state index in [0.717, 1.165) is 25.2 Å². The molecule has 1 N–H and O–H groups in total. The lowest BCUT2D eigenvalue weighted by Crippen LogP contribution is -2.09. The van der Waals surface area contributed by atoms with E-state index in [-0.39, 0.29) is 6.10 Å². The Hall–Kier alpha value is -0.830. The van der Waals surface area contributed by atoms with Crippen LogP contribution in [0, 0.1) is 5.92 Å². The minimum Gasteiger partial charge on any atom is -0.393 e. The molecule has 1 aromatic rings. The Morgan fingerprint density at radius 2 is 2.18 bits per heavy atom. The summed E-state index contributed by atoms with van der Waals surface area (Å²) in [5, 5.41) is 14.1. The molecule has 0 bridgehead atoms. The van der Waals surface area contributed by atoms with Gasteiger partial charge in [-0.2, -0.15) is 5.10 Å². The first-order chi connectivity index (χ1) is 8.24. The third-order valence-electron chi connectivity index (χ3n) is 3.91. The van der Waals surface area contributed by atoms with Crippen LogP contribution in [0.1, 0.15) is 50.5 Å². The third kappa shape index (κ3) is 4.15. The van der Waals surface area contributed by atoms with E-state index in [4.69, 9.17) is 0 Å². The first kappa shape index (κ1) is 12.6. The molecule has 96 valence electrons. The van der Waals surface area contributed by atoms with Gasteiger partial charge in [-0.15, -0.1) is 0 Å². The molecule has 0 aromatic carbocycles. The molecule has 1 atom stereocenters.